The number of fused-ring (bicyclic) bond motifs is 1. The number of rotatable bonds is 6. The van der Waals surface area contributed by atoms with Gasteiger partial charge in [0.05, 0.1) is 11.7 Å². The van der Waals surface area contributed by atoms with E-state index in [0.717, 1.165) is 34.7 Å². The summed E-state index contributed by atoms with van der Waals surface area (Å²) in [6, 6.07) is 17.1. The maximum atomic E-state index is 13.3. The van der Waals surface area contributed by atoms with Crippen LogP contribution in [0.2, 0.25) is 0 Å². The lowest BCUT2D eigenvalue weighted by molar-refractivity contribution is -0.117. The highest BCUT2D eigenvalue weighted by molar-refractivity contribution is 7.19. The third kappa shape index (κ3) is 4.24. The van der Waals surface area contributed by atoms with E-state index in [1.165, 1.54) is 22.2 Å². The molecule has 0 bridgehead atoms. The van der Waals surface area contributed by atoms with Gasteiger partial charge in [0, 0.05) is 47.7 Å². The molecule has 1 aliphatic heterocycles. The number of thiophene rings is 1. The molecule has 0 unspecified atom stereocenters. The monoisotopic (exact) mass is 472 g/mol. The van der Waals surface area contributed by atoms with Crippen molar-refractivity contribution in [1.82, 2.24) is 9.55 Å². The third-order valence-corrected chi connectivity index (χ3v) is 7.05. The minimum absolute atomic E-state index is 0.129. The number of hydrogen-bond donors (Lipinski definition) is 1. The summed E-state index contributed by atoms with van der Waals surface area (Å²) in [5.41, 5.74) is 3.25. The van der Waals surface area contributed by atoms with Crippen LogP contribution in [-0.2, 0) is 16.1 Å². The number of carbonyl (C=O) groups excluding carboxylic acids is 2. The average Bonchev–Trinajstić information content (AvgIpc) is 3.42. The van der Waals surface area contributed by atoms with E-state index >= 15 is 0 Å². The zero-order chi connectivity index (χ0) is 23.7. The van der Waals surface area contributed by atoms with Crippen LogP contribution in [0.25, 0.3) is 21.3 Å². The molecule has 0 saturated carbocycles. The van der Waals surface area contributed by atoms with E-state index < -0.39 is 0 Å². The minimum atomic E-state index is -0.193. The Morgan fingerprint density at radius 2 is 1.85 bits per heavy atom. The summed E-state index contributed by atoms with van der Waals surface area (Å²) in [5.74, 6) is -0.0641. The molecule has 34 heavy (non-hydrogen) atoms. The van der Waals surface area contributed by atoms with Crippen molar-refractivity contribution in [2.24, 2.45) is 0 Å². The summed E-state index contributed by atoms with van der Waals surface area (Å²) in [5, 5.41) is 3.46. The van der Waals surface area contributed by atoms with Crippen LogP contribution in [0.4, 0.5) is 11.4 Å². The van der Waals surface area contributed by atoms with Gasteiger partial charge in [0.25, 0.3) is 5.56 Å². The highest BCUT2D eigenvalue weighted by atomic mass is 32.1. The first-order chi connectivity index (χ1) is 16.5. The number of nitrogens with one attached hydrogen (secondary N) is 1. The number of benzene rings is 2. The van der Waals surface area contributed by atoms with Gasteiger partial charge in [-0.05, 0) is 43.2 Å². The summed E-state index contributed by atoms with van der Waals surface area (Å²) in [4.78, 5) is 45.7. The van der Waals surface area contributed by atoms with Crippen LogP contribution in [-0.4, -0.2) is 27.9 Å². The van der Waals surface area contributed by atoms with Crippen LogP contribution in [0, 0.1) is 6.92 Å². The van der Waals surface area contributed by atoms with E-state index in [9.17, 15) is 14.4 Å². The van der Waals surface area contributed by atoms with Crippen molar-refractivity contribution in [2.45, 2.75) is 32.7 Å². The molecule has 5 rings (SSSR count). The van der Waals surface area contributed by atoms with E-state index in [0.29, 0.717) is 22.3 Å². The van der Waals surface area contributed by atoms with Gasteiger partial charge in [-0.25, -0.2) is 4.98 Å². The molecule has 172 valence electrons. The summed E-state index contributed by atoms with van der Waals surface area (Å²) in [7, 11) is 0. The molecule has 1 aliphatic rings. The van der Waals surface area contributed by atoms with Crippen molar-refractivity contribution >= 4 is 44.7 Å². The van der Waals surface area contributed by atoms with Gasteiger partial charge < -0.3 is 10.2 Å². The molecule has 0 spiro atoms. The lowest BCUT2D eigenvalue weighted by Crippen LogP contribution is -2.24. The molecule has 4 aromatic rings. The van der Waals surface area contributed by atoms with Crippen molar-refractivity contribution in [1.29, 1.82) is 0 Å². The third-order valence-electron chi connectivity index (χ3n) is 6.03. The zero-order valence-corrected chi connectivity index (χ0v) is 19.6. The van der Waals surface area contributed by atoms with Crippen molar-refractivity contribution in [3.63, 3.8) is 0 Å². The molecule has 7 nitrogen and oxygen atoms in total. The molecule has 1 saturated heterocycles. The van der Waals surface area contributed by atoms with Crippen molar-refractivity contribution in [3.05, 3.63) is 76.2 Å². The van der Waals surface area contributed by atoms with Crippen LogP contribution < -0.4 is 15.8 Å². The topological polar surface area (TPSA) is 84.3 Å². The maximum Gasteiger partial charge on any atom is 0.262 e. The first kappa shape index (κ1) is 22.0. The molecule has 0 atom stereocenters. The van der Waals surface area contributed by atoms with Gasteiger partial charge in [-0.2, -0.15) is 0 Å². The Balaban J connectivity index is 1.29. The Labute approximate surface area is 200 Å². The van der Waals surface area contributed by atoms with Crippen LogP contribution in [0.3, 0.4) is 0 Å². The number of aryl methyl sites for hydroxylation is 2. The SMILES string of the molecule is Cc1sc2ncn(CCC(=O)Nc3ccc(N4CCCC4=O)cc3)c(=O)c2c1-c1ccccc1. The van der Waals surface area contributed by atoms with Gasteiger partial charge in [0.1, 0.15) is 4.83 Å². The first-order valence-electron chi connectivity index (χ1n) is 11.3. The molecule has 1 N–H and O–H groups in total. The Hall–Kier alpha value is -3.78. The lowest BCUT2D eigenvalue weighted by Gasteiger charge is -2.16. The molecular formula is C26H24N4O3S. The van der Waals surface area contributed by atoms with Gasteiger partial charge in [-0.15, -0.1) is 11.3 Å². The summed E-state index contributed by atoms with van der Waals surface area (Å²) < 4.78 is 1.50. The number of aromatic nitrogens is 2. The molecule has 8 heteroatoms. The van der Waals surface area contributed by atoms with E-state index in [1.807, 2.05) is 49.4 Å². The maximum absolute atomic E-state index is 13.3. The quantitative estimate of drug-likeness (QED) is 0.445. The highest BCUT2D eigenvalue weighted by Crippen LogP contribution is 2.35. The standard InChI is InChI=1S/C26H24N4O3S/c1-17-23(18-6-3-2-4-7-18)24-25(34-17)27-16-29(26(24)33)15-13-21(31)28-19-9-11-20(12-10-19)30-14-5-8-22(30)32/h2-4,6-7,9-12,16H,5,8,13-15H2,1H3,(H,28,31). The number of nitrogens with zero attached hydrogens (tertiary/aromatic N) is 3. The second-order valence-electron chi connectivity index (χ2n) is 8.32. The van der Waals surface area contributed by atoms with Gasteiger partial charge in [-0.3, -0.25) is 19.0 Å². The van der Waals surface area contributed by atoms with Crippen molar-refractivity contribution in [3.8, 4) is 11.1 Å². The van der Waals surface area contributed by atoms with Crippen LogP contribution in [0.5, 0.6) is 0 Å². The molecule has 2 amide bonds. The fourth-order valence-electron chi connectivity index (χ4n) is 4.34. The number of carbonyl (C=O) groups is 2. The van der Waals surface area contributed by atoms with Gasteiger partial charge in [-0.1, -0.05) is 30.3 Å². The van der Waals surface area contributed by atoms with Gasteiger partial charge in [0.15, 0.2) is 0 Å². The largest absolute Gasteiger partial charge is 0.326 e. The van der Waals surface area contributed by atoms with Crippen LogP contribution in [0.1, 0.15) is 24.1 Å². The molecular weight excluding hydrogens is 448 g/mol. The normalized spacial score (nSPS) is 13.6. The Bertz CT molecular complexity index is 1420. The average molecular weight is 473 g/mol. The predicted molar refractivity (Wildman–Crippen MR) is 135 cm³/mol. The molecule has 3 heterocycles. The summed E-state index contributed by atoms with van der Waals surface area (Å²) >= 11 is 1.50. The Kier molecular flexibility index (Phi) is 5.98. The second kappa shape index (κ2) is 9.23. The summed E-state index contributed by atoms with van der Waals surface area (Å²) in [6.07, 6.45) is 3.11. The number of amides is 2. The van der Waals surface area contributed by atoms with E-state index in [1.54, 1.807) is 17.0 Å². The summed E-state index contributed by atoms with van der Waals surface area (Å²) in [6.45, 7) is 2.96. The minimum Gasteiger partial charge on any atom is -0.326 e. The van der Waals surface area contributed by atoms with Gasteiger partial charge >= 0.3 is 0 Å². The van der Waals surface area contributed by atoms with Crippen LogP contribution >= 0.6 is 11.3 Å². The zero-order valence-electron chi connectivity index (χ0n) is 18.8. The predicted octanol–water partition coefficient (Wildman–Crippen LogP) is 4.59. The first-order valence-corrected chi connectivity index (χ1v) is 12.1. The van der Waals surface area contributed by atoms with Gasteiger partial charge in [0.2, 0.25) is 11.8 Å². The Morgan fingerprint density at radius 1 is 1.09 bits per heavy atom. The fraction of sp³-hybridized carbons (Fsp3) is 0.231. The Morgan fingerprint density at radius 3 is 2.56 bits per heavy atom. The second-order valence-corrected chi connectivity index (χ2v) is 9.52. The van der Waals surface area contributed by atoms with E-state index in [4.69, 9.17) is 0 Å². The van der Waals surface area contributed by atoms with E-state index in [-0.39, 0.29) is 30.3 Å². The number of anilines is 2. The lowest BCUT2D eigenvalue weighted by atomic mass is 10.0. The number of hydrogen-bond acceptors (Lipinski definition) is 5. The fourth-order valence-corrected chi connectivity index (χ4v) is 5.34. The van der Waals surface area contributed by atoms with Crippen molar-refractivity contribution in [2.75, 3.05) is 16.8 Å². The molecule has 2 aromatic carbocycles. The molecule has 1 fully saturated rings. The van der Waals surface area contributed by atoms with Crippen molar-refractivity contribution < 1.29 is 9.59 Å². The highest BCUT2D eigenvalue weighted by Gasteiger charge is 2.21. The van der Waals surface area contributed by atoms with E-state index in [2.05, 4.69) is 10.3 Å². The molecule has 0 aliphatic carbocycles. The molecule has 2 aromatic heterocycles. The van der Waals surface area contributed by atoms with Crippen LogP contribution in [0.15, 0.2) is 65.7 Å². The smallest absolute Gasteiger partial charge is 0.262 e. The molecule has 0 radical (unpaired) electrons.